The van der Waals surface area contributed by atoms with Crippen molar-refractivity contribution in [2.45, 2.75) is 0 Å². The normalized spacial score (nSPS) is 10.4. The molecule has 0 aliphatic heterocycles. The molecular weight excluding hydrogens is 226 g/mol. The standard InChI is InChI=1S/C8H11N7O2/c1-15(14-17)3-2-9-8-12-6-5(7(16)13-8)10-4-11-6/h4H,2-3H2,1H3,(H3,9,10,11,12,13,16). The minimum Gasteiger partial charge on any atom is -0.354 e. The Kier molecular flexibility index (Phi) is 2.99. The molecule has 0 radical (unpaired) electrons. The van der Waals surface area contributed by atoms with Crippen LogP contribution in [0.15, 0.2) is 16.4 Å². The van der Waals surface area contributed by atoms with E-state index in [1.54, 1.807) is 7.05 Å². The molecule has 9 heteroatoms. The van der Waals surface area contributed by atoms with Crippen molar-refractivity contribution >= 4 is 17.1 Å². The Morgan fingerprint density at radius 1 is 1.59 bits per heavy atom. The molecular formula is C8H11N7O2. The Morgan fingerprint density at radius 3 is 3.18 bits per heavy atom. The van der Waals surface area contributed by atoms with Crippen molar-refractivity contribution in [1.29, 1.82) is 0 Å². The van der Waals surface area contributed by atoms with Crippen LogP contribution in [0.3, 0.4) is 0 Å². The van der Waals surface area contributed by atoms with Crippen molar-refractivity contribution < 1.29 is 0 Å². The van der Waals surface area contributed by atoms with Crippen molar-refractivity contribution in [2.24, 2.45) is 5.29 Å². The predicted molar refractivity (Wildman–Crippen MR) is 61.4 cm³/mol. The third-order valence-corrected chi connectivity index (χ3v) is 2.16. The first kappa shape index (κ1) is 11.0. The minimum atomic E-state index is -0.295. The number of nitrogens with one attached hydrogen (secondary N) is 3. The van der Waals surface area contributed by atoms with Crippen LogP contribution in [-0.4, -0.2) is 45.1 Å². The van der Waals surface area contributed by atoms with Crippen molar-refractivity contribution in [3.63, 3.8) is 0 Å². The summed E-state index contributed by atoms with van der Waals surface area (Å²) in [5, 5.41) is 6.82. The zero-order valence-electron chi connectivity index (χ0n) is 9.10. The first-order valence-electron chi connectivity index (χ1n) is 4.92. The highest BCUT2D eigenvalue weighted by molar-refractivity contribution is 5.69. The Labute approximate surface area is 95.2 Å². The molecule has 9 nitrogen and oxygen atoms in total. The lowest BCUT2D eigenvalue weighted by Crippen LogP contribution is -2.22. The Morgan fingerprint density at radius 2 is 2.41 bits per heavy atom. The highest BCUT2D eigenvalue weighted by Gasteiger charge is 2.05. The molecule has 0 spiro atoms. The molecule has 0 bridgehead atoms. The zero-order valence-corrected chi connectivity index (χ0v) is 9.10. The summed E-state index contributed by atoms with van der Waals surface area (Å²) in [5.41, 5.74) is 0.386. The molecule has 0 aliphatic carbocycles. The fourth-order valence-corrected chi connectivity index (χ4v) is 1.30. The van der Waals surface area contributed by atoms with Crippen LogP contribution in [0.25, 0.3) is 11.2 Å². The van der Waals surface area contributed by atoms with E-state index >= 15 is 0 Å². The number of H-pyrrole nitrogens is 2. The maximum Gasteiger partial charge on any atom is 0.278 e. The molecule has 0 aromatic carbocycles. The Hall–Kier alpha value is -2.45. The van der Waals surface area contributed by atoms with E-state index in [1.165, 1.54) is 11.3 Å². The van der Waals surface area contributed by atoms with Gasteiger partial charge in [-0.2, -0.15) is 4.98 Å². The van der Waals surface area contributed by atoms with Crippen LogP contribution in [0.1, 0.15) is 0 Å². The maximum atomic E-state index is 11.5. The highest BCUT2D eigenvalue weighted by atomic mass is 16.3. The van der Waals surface area contributed by atoms with E-state index in [0.29, 0.717) is 30.2 Å². The van der Waals surface area contributed by atoms with Gasteiger partial charge in [0.25, 0.3) is 5.56 Å². The lowest BCUT2D eigenvalue weighted by atomic mass is 10.5. The lowest BCUT2D eigenvalue weighted by molar-refractivity contribution is 0.363. The molecule has 0 amide bonds. The number of likely N-dealkylation sites (N-methyl/N-ethyl adjacent to an activating group) is 1. The molecule has 2 aromatic heterocycles. The van der Waals surface area contributed by atoms with Crippen molar-refractivity contribution in [3.05, 3.63) is 21.6 Å². The Balaban J connectivity index is 2.08. The summed E-state index contributed by atoms with van der Waals surface area (Å²) in [6.45, 7) is 0.840. The van der Waals surface area contributed by atoms with Gasteiger partial charge in [-0.1, -0.05) is 0 Å². The molecule has 2 heterocycles. The van der Waals surface area contributed by atoms with Gasteiger partial charge >= 0.3 is 0 Å². The van der Waals surface area contributed by atoms with Gasteiger partial charge in [0.1, 0.15) is 0 Å². The number of hydrogen-bond acceptors (Lipinski definition) is 6. The van der Waals surface area contributed by atoms with Gasteiger partial charge in [0.05, 0.1) is 18.2 Å². The number of nitrogens with zero attached hydrogens (tertiary/aromatic N) is 4. The van der Waals surface area contributed by atoms with Crippen molar-refractivity contribution in [3.8, 4) is 0 Å². The second-order valence-electron chi connectivity index (χ2n) is 3.41. The quantitative estimate of drug-likeness (QED) is 0.484. The Bertz CT molecular complexity index is 575. The fourth-order valence-electron chi connectivity index (χ4n) is 1.30. The van der Waals surface area contributed by atoms with Gasteiger partial charge in [0.15, 0.2) is 11.2 Å². The van der Waals surface area contributed by atoms with Gasteiger partial charge in [-0.3, -0.25) is 14.8 Å². The average molecular weight is 237 g/mol. The number of anilines is 1. The third kappa shape index (κ3) is 2.38. The number of aromatic amines is 2. The lowest BCUT2D eigenvalue weighted by Gasteiger charge is -2.09. The van der Waals surface area contributed by atoms with Crippen LogP contribution in [0.2, 0.25) is 0 Å². The van der Waals surface area contributed by atoms with E-state index in [4.69, 9.17) is 0 Å². The number of hydrogen-bond donors (Lipinski definition) is 3. The van der Waals surface area contributed by atoms with E-state index in [9.17, 15) is 9.70 Å². The number of rotatable bonds is 5. The molecule has 0 aliphatic rings. The van der Waals surface area contributed by atoms with Crippen LogP contribution < -0.4 is 10.9 Å². The second kappa shape index (κ2) is 4.60. The van der Waals surface area contributed by atoms with Gasteiger partial charge in [0.2, 0.25) is 5.95 Å². The SMILES string of the molecule is CN(CCNc1nc2nc[nH]c2c(=O)[nH]1)N=O. The summed E-state index contributed by atoms with van der Waals surface area (Å²) in [4.78, 5) is 34.8. The van der Waals surface area contributed by atoms with Crippen molar-refractivity contribution in [2.75, 3.05) is 25.5 Å². The first-order chi connectivity index (χ1) is 8.20. The van der Waals surface area contributed by atoms with Gasteiger partial charge in [-0.15, -0.1) is 4.91 Å². The van der Waals surface area contributed by atoms with E-state index in [0.717, 1.165) is 0 Å². The molecule has 0 atom stereocenters. The molecule has 17 heavy (non-hydrogen) atoms. The monoisotopic (exact) mass is 237 g/mol. The van der Waals surface area contributed by atoms with E-state index in [1.807, 2.05) is 0 Å². The second-order valence-corrected chi connectivity index (χ2v) is 3.41. The molecule has 0 saturated carbocycles. The smallest absolute Gasteiger partial charge is 0.278 e. The van der Waals surface area contributed by atoms with Crippen LogP contribution >= 0.6 is 0 Å². The highest BCUT2D eigenvalue weighted by Crippen LogP contribution is 2.02. The van der Waals surface area contributed by atoms with Crippen molar-refractivity contribution in [1.82, 2.24) is 24.9 Å². The minimum absolute atomic E-state index is 0.295. The van der Waals surface area contributed by atoms with Gasteiger partial charge in [0, 0.05) is 13.6 Å². The maximum absolute atomic E-state index is 11.5. The number of nitroso groups, excluding NO2 is 1. The summed E-state index contributed by atoms with van der Waals surface area (Å²) in [6, 6.07) is 0. The zero-order chi connectivity index (χ0) is 12.3. The van der Waals surface area contributed by atoms with E-state index in [2.05, 4.69) is 30.5 Å². The fraction of sp³-hybridized carbons (Fsp3) is 0.375. The largest absolute Gasteiger partial charge is 0.354 e. The van der Waals surface area contributed by atoms with Gasteiger partial charge in [-0.25, -0.2) is 4.98 Å². The van der Waals surface area contributed by atoms with E-state index in [-0.39, 0.29) is 5.56 Å². The number of imidazole rings is 1. The molecule has 2 aromatic rings. The van der Waals surface area contributed by atoms with Crippen LogP contribution in [0.5, 0.6) is 0 Å². The third-order valence-electron chi connectivity index (χ3n) is 2.16. The summed E-state index contributed by atoms with van der Waals surface area (Å²) < 4.78 is 0. The van der Waals surface area contributed by atoms with E-state index < -0.39 is 0 Å². The van der Waals surface area contributed by atoms with Crippen LogP contribution in [0, 0.1) is 4.91 Å². The molecule has 0 unspecified atom stereocenters. The molecule has 2 rings (SSSR count). The molecule has 90 valence electrons. The average Bonchev–Trinajstić information content (AvgIpc) is 2.77. The van der Waals surface area contributed by atoms with Crippen LogP contribution in [0.4, 0.5) is 5.95 Å². The predicted octanol–water partition coefficient (Wildman–Crippen LogP) is -0.329. The summed E-state index contributed by atoms with van der Waals surface area (Å²) in [7, 11) is 1.56. The molecule has 0 fully saturated rings. The number of fused-ring (bicyclic) bond motifs is 1. The van der Waals surface area contributed by atoms with Gasteiger partial charge < -0.3 is 10.3 Å². The molecule has 0 saturated heterocycles. The first-order valence-corrected chi connectivity index (χ1v) is 4.92. The van der Waals surface area contributed by atoms with Gasteiger partial charge in [-0.05, 0) is 0 Å². The van der Waals surface area contributed by atoms with Crippen LogP contribution in [-0.2, 0) is 0 Å². The summed E-state index contributed by atoms with van der Waals surface area (Å²) in [5.74, 6) is 0.314. The molecule has 3 N–H and O–H groups in total. The topological polar surface area (TPSA) is 119 Å². The summed E-state index contributed by atoms with van der Waals surface area (Å²) in [6.07, 6.45) is 1.40. The number of aromatic nitrogens is 4. The summed E-state index contributed by atoms with van der Waals surface area (Å²) >= 11 is 0.